The summed E-state index contributed by atoms with van der Waals surface area (Å²) in [5.74, 6) is 0.931. The summed E-state index contributed by atoms with van der Waals surface area (Å²) in [6, 6.07) is 0.777. The molecule has 20 heavy (non-hydrogen) atoms. The Morgan fingerprint density at radius 3 is 2.65 bits per heavy atom. The average Bonchev–Trinajstić information content (AvgIpc) is 2.71. The number of carboxylic acids is 1. The predicted octanol–water partition coefficient (Wildman–Crippen LogP) is 3.92. The molecule has 1 heterocycles. The van der Waals surface area contributed by atoms with E-state index in [-0.39, 0.29) is 0 Å². The molecule has 0 amide bonds. The maximum atomic E-state index is 10.7. The van der Waals surface area contributed by atoms with Crippen molar-refractivity contribution in [2.45, 2.75) is 77.2 Å². The van der Waals surface area contributed by atoms with E-state index in [4.69, 9.17) is 5.11 Å². The first-order chi connectivity index (χ1) is 9.69. The SMILES string of the molecule is CCC1CCCC(N2CCCC(CCC(=O)O)C2)CC1. The molecule has 0 bridgehead atoms. The Morgan fingerprint density at radius 2 is 1.90 bits per heavy atom. The molecule has 0 spiro atoms. The molecule has 3 unspecified atom stereocenters. The van der Waals surface area contributed by atoms with Crippen molar-refractivity contribution < 1.29 is 9.90 Å². The second-order valence-corrected chi connectivity index (χ2v) is 6.87. The highest BCUT2D eigenvalue weighted by Crippen LogP contribution is 2.31. The number of carboxylic acid groups (broad SMARTS) is 1. The number of aliphatic carboxylic acids is 1. The third-order valence-electron chi connectivity index (χ3n) is 5.47. The van der Waals surface area contributed by atoms with Gasteiger partial charge in [0.1, 0.15) is 0 Å². The zero-order valence-electron chi connectivity index (χ0n) is 13.0. The number of hydrogen-bond donors (Lipinski definition) is 1. The van der Waals surface area contributed by atoms with Gasteiger partial charge in [0.2, 0.25) is 0 Å². The van der Waals surface area contributed by atoms with Crippen LogP contribution in [0.3, 0.4) is 0 Å². The van der Waals surface area contributed by atoms with E-state index in [0.717, 1.165) is 24.9 Å². The van der Waals surface area contributed by atoms with Crippen LogP contribution in [0, 0.1) is 11.8 Å². The Kier molecular flexibility index (Phi) is 6.34. The molecule has 2 fully saturated rings. The lowest BCUT2D eigenvalue weighted by Crippen LogP contribution is -2.42. The van der Waals surface area contributed by atoms with Gasteiger partial charge in [-0.3, -0.25) is 4.79 Å². The summed E-state index contributed by atoms with van der Waals surface area (Å²) >= 11 is 0. The highest BCUT2D eigenvalue weighted by molar-refractivity contribution is 5.66. The Hall–Kier alpha value is -0.570. The number of hydrogen-bond acceptors (Lipinski definition) is 2. The van der Waals surface area contributed by atoms with Crippen molar-refractivity contribution in [1.29, 1.82) is 0 Å². The van der Waals surface area contributed by atoms with Crippen LogP contribution >= 0.6 is 0 Å². The minimum Gasteiger partial charge on any atom is -0.481 e. The van der Waals surface area contributed by atoms with Crippen molar-refractivity contribution in [3.63, 3.8) is 0 Å². The molecule has 1 saturated heterocycles. The lowest BCUT2D eigenvalue weighted by atomic mass is 9.91. The molecule has 1 saturated carbocycles. The van der Waals surface area contributed by atoms with Crippen LogP contribution in [0.1, 0.15) is 71.1 Å². The van der Waals surface area contributed by atoms with Gasteiger partial charge in [0.25, 0.3) is 0 Å². The van der Waals surface area contributed by atoms with Crippen molar-refractivity contribution in [2.24, 2.45) is 11.8 Å². The van der Waals surface area contributed by atoms with Crippen molar-refractivity contribution in [1.82, 2.24) is 4.90 Å². The highest BCUT2D eigenvalue weighted by Gasteiger charge is 2.27. The number of likely N-dealkylation sites (tertiary alicyclic amines) is 1. The van der Waals surface area contributed by atoms with E-state index >= 15 is 0 Å². The summed E-state index contributed by atoms with van der Waals surface area (Å²) in [7, 11) is 0. The monoisotopic (exact) mass is 281 g/mol. The number of piperidine rings is 1. The fourth-order valence-corrected chi connectivity index (χ4v) is 4.12. The molecule has 3 nitrogen and oxygen atoms in total. The molecule has 0 aromatic carbocycles. The third-order valence-corrected chi connectivity index (χ3v) is 5.47. The van der Waals surface area contributed by atoms with Crippen LogP contribution in [0.4, 0.5) is 0 Å². The van der Waals surface area contributed by atoms with Crippen molar-refractivity contribution in [2.75, 3.05) is 13.1 Å². The van der Waals surface area contributed by atoms with Gasteiger partial charge in [-0.25, -0.2) is 0 Å². The molecule has 0 radical (unpaired) electrons. The molecule has 2 rings (SSSR count). The Balaban J connectivity index is 1.80. The van der Waals surface area contributed by atoms with Gasteiger partial charge in [-0.15, -0.1) is 0 Å². The maximum Gasteiger partial charge on any atom is 0.303 e. The minimum atomic E-state index is -0.637. The number of carbonyl (C=O) groups is 1. The lowest BCUT2D eigenvalue weighted by Gasteiger charge is -2.38. The smallest absolute Gasteiger partial charge is 0.303 e. The molecule has 1 N–H and O–H groups in total. The maximum absolute atomic E-state index is 10.7. The fourth-order valence-electron chi connectivity index (χ4n) is 4.12. The van der Waals surface area contributed by atoms with Gasteiger partial charge in [-0.2, -0.15) is 0 Å². The van der Waals surface area contributed by atoms with E-state index in [0.29, 0.717) is 12.3 Å². The summed E-state index contributed by atoms with van der Waals surface area (Å²) in [6.45, 7) is 4.72. The standard InChI is InChI=1S/C17H31NO2/c1-2-14-5-3-7-16(10-8-14)18-12-4-6-15(13-18)9-11-17(19)20/h14-16H,2-13H2,1H3,(H,19,20). The second-order valence-electron chi connectivity index (χ2n) is 6.87. The first-order valence-corrected chi connectivity index (χ1v) is 8.65. The van der Waals surface area contributed by atoms with Gasteiger partial charge in [-0.05, 0) is 56.9 Å². The summed E-state index contributed by atoms with van der Waals surface area (Å²) in [5, 5.41) is 8.84. The van der Waals surface area contributed by atoms with E-state index in [2.05, 4.69) is 11.8 Å². The molecular weight excluding hydrogens is 250 g/mol. The van der Waals surface area contributed by atoms with Crippen molar-refractivity contribution >= 4 is 5.97 Å². The van der Waals surface area contributed by atoms with E-state index in [1.54, 1.807) is 0 Å². The first kappa shape index (κ1) is 15.8. The van der Waals surface area contributed by atoms with E-state index in [9.17, 15) is 4.79 Å². The summed E-state index contributed by atoms with van der Waals surface area (Å²) in [6.07, 6.45) is 12.0. The van der Waals surface area contributed by atoms with E-state index < -0.39 is 5.97 Å². The van der Waals surface area contributed by atoms with Gasteiger partial charge < -0.3 is 10.0 Å². The molecular formula is C17H31NO2. The highest BCUT2D eigenvalue weighted by atomic mass is 16.4. The van der Waals surface area contributed by atoms with Gasteiger partial charge in [0.05, 0.1) is 0 Å². The largest absolute Gasteiger partial charge is 0.481 e. The lowest BCUT2D eigenvalue weighted by molar-refractivity contribution is -0.137. The third kappa shape index (κ3) is 4.76. The minimum absolute atomic E-state index is 0.348. The topological polar surface area (TPSA) is 40.5 Å². The molecule has 3 heteroatoms. The molecule has 2 aliphatic rings. The van der Waals surface area contributed by atoms with Crippen molar-refractivity contribution in [3.8, 4) is 0 Å². The summed E-state index contributed by atoms with van der Waals surface area (Å²) < 4.78 is 0. The molecule has 0 aromatic heterocycles. The second kappa shape index (κ2) is 8.02. The molecule has 3 atom stereocenters. The van der Waals surface area contributed by atoms with Crippen molar-refractivity contribution in [3.05, 3.63) is 0 Å². The normalized spacial score (nSPS) is 32.8. The fraction of sp³-hybridized carbons (Fsp3) is 0.941. The van der Waals surface area contributed by atoms with Gasteiger partial charge in [-0.1, -0.05) is 26.2 Å². The van der Waals surface area contributed by atoms with Crippen LogP contribution < -0.4 is 0 Å². The first-order valence-electron chi connectivity index (χ1n) is 8.65. The number of nitrogens with zero attached hydrogens (tertiary/aromatic N) is 1. The Morgan fingerprint density at radius 1 is 1.10 bits per heavy atom. The molecule has 1 aliphatic carbocycles. The van der Waals surface area contributed by atoms with Gasteiger partial charge in [0.15, 0.2) is 0 Å². The van der Waals surface area contributed by atoms with Crippen LogP contribution in [-0.4, -0.2) is 35.1 Å². The van der Waals surface area contributed by atoms with Crippen LogP contribution in [0.25, 0.3) is 0 Å². The van der Waals surface area contributed by atoms with Crippen LogP contribution in [0.15, 0.2) is 0 Å². The molecule has 1 aliphatic heterocycles. The summed E-state index contributed by atoms with van der Waals surface area (Å²) in [5.41, 5.74) is 0. The molecule has 116 valence electrons. The summed E-state index contributed by atoms with van der Waals surface area (Å²) in [4.78, 5) is 13.4. The molecule has 0 aromatic rings. The van der Waals surface area contributed by atoms with Crippen LogP contribution in [-0.2, 0) is 4.79 Å². The zero-order valence-corrected chi connectivity index (χ0v) is 13.0. The Bertz CT molecular complexity index is 305. The van der Waals surface area contributed by atoms with E-state index in [1.807, 2.05) is 0 Å². The predicted molar refractivity (Wildman–Crippen MR) is 81.8 cm³/mol. The van der Waals surface area contributed by atoms with Crippen LogP contribution in [0.5, 0.6) is 0 Å². The number of rotatable bonds is 5. The zero-order chi connectivity index (χ0) is 14.4. The Labute approximate surface area is 123 Å². The average molecular weight is 281 g/mol. The quantitative estimate of drug-likeness (QED) is 0.776. The van der Waals surface area contributed by atoms with Gasteiger partial charge >= 0.3 is 5.97 Å². The van der Waals surface area contributed by atoms with E-state index in [1.165, 1.54) is 57.9 Å². The van der Waals surface area contributed by atoms with Gasteiger partial charge in [0, 0.05) is 19.0 Å². The van der Waals surface area contributed by atoms with Crippen LogP contribution in [0.2, 0.25) is 0 Å².